The van der Waals surface area contributed by atoms with Gasteiger partial charge >= 0.3 is 0 Å². The zero-order valence-corrected chi connectivity index (χ0v) is 10.0. The summed E-state index contributed by atoms with van der Waals surface area (Å²) in [5, 5.41) is 1.02. The average Bonchev–Trinajstić information content (AvgIpc) is 2.19. The molecule has 0 aliphatic heterocycles. The van der Waals surface area contributed by atoms with Crippen LogP contribution < -0.4 is 0 Å². The average molecular weight is 251 g/mol. The first-order valence-electron chi connectivity index (χ1n) is 4.72. The Morgan fingerprint density at radius 2 is 2.00 bits per heavy atom. The van der Waals surface area contributed by atoms with Crippen molar-refractivity contribution >= 4 is 27.6 Å². The van der Waals surface area contributed by atoms with Gasteiger partial charge in [-0.05, 0) is 24.5 Å². The maximum atomic E-state index is 3.91. The van der Waals surface area contributed by atoms with Gasteiger partial charge in [-0.3, -0.25) is 0 Å². The fourth-order valence-corrected chi connectivity index (χ4v) is 1.43. The molecule has 74 valence electrons. The van der Waals surface area contributed by atoms with Gasteiger partial charge in [0.1, 0.15) is 0 Å². The van der Waals surface area contributed by atoms with Gasteiger partial charge in [0.05, 0.1) is 0 Å². The van der Waals surface area contributed by atoms with E-state index in [1.54, 1.807) is 0 Å². The summed E-state index contributed by atoms with van der Waals surface area (Å²) in [7, 11) is 0. The Labute approximate surface area is 94.5 Å². The minimum atomic E-state index is 1.02. The van der Waals surface area contributed by atoms with Crippen LogP contribution in [0.3, 0.4) is 0 Å². The van der Waals surface area contributed by atoms with Crippen molar-refractivity contribution in [2.75, 3.05) is 5.33 Å². The molecule has 0 unspecified atom stereocenters. The lowest BCUT2D eigenvalue weighted by Gasteiger charge is -1.99. The third-order valence-electron chi connectivity index (χ3n) is 1.99. The molecule has 1 aromatic rings. The molecule has 0 aliphatic carbocycles. The highest BCUT2D eigenvalue weighted by atomic mass is 79.9. The molecule has 0 N–H and O–H groups in total. The smallest absolute Gasteiger partial charge is 0.00660 e. The van der Waals surface area contributed by atoms with Gasteiger partial charge in [0.2, 0.25) is 0 Å². The number of hydrogen-bond donors (Lipinski definition) is 0. The Balaban J connectivity index is 2.68. The van der Waals surface area contributed by atoms with Crippen molar-refractivity contribution in [1.82, 2.24) is 0 Å². The van der Waals surface area contributed by atoms with Crippen LogP contribution in [-0.4, -0.2) is 5.33 Å². The van der Waals surface area contributed by atoms with E-state index in [1.165, 1.54) is 11.1 Å². The van der Waals surface area contributed by atoms with Crippen LogP contribution in [0.1, 0.15) is 24.5 Å². The van der Waals surface area contributed by atoms with Crippen molar-refractivity contribution in [3.63, 3.8) is 0 Å². The molecular formula is C13H15Br. The molecule has 14 heavy (non-hydrogen) atoms. The fraction of sp³-hybridized carbons (Fsp3) is 0.231. The van der Waals surface area contributed by atoms with E-state index >= 15 is 0 Å². The van der Waals surface area contributed by atoms with E-state index in [1.807, 2.05) is 6.92 Å². The molecule has 0 saturated heterocycles. The van der Waals surface area contributed by atoms with Gasteiger partial charge in [0.15, 0.2) is 0 Å². The maximum absolute atomic E-state index is 3.91. The van der Waals surface area contributed by atoms with Gasteiger partial charge < -0.3 is 0 Å². The summed E-state index contributed by atoms with van der Waals surface area (Å²) in [5.41, 5.74) is 3.57. The zero-order valence-electron chi connectivity index (χ0n) is 8.46. The summed E-state index contributed by atoms with van der Waals surface area (Å²) in [5.74, 6) is 0. The van der Waals surface area contributed by atoms with Crippen molar-refractivity contribution in [2.24, 2.45) is 0 Å². The van der Waals surface area contributed by atoms with Crippen LogP contribution in [0.2, 0.25) is 0 Å². The minimum Gasteiger partial charge on any atom is -0.0955 e. The van der Waals surface area contributed by atoms with Crippen LogP contribution in [0.5, 0.6) is 0 Å². The Morgan fingerprint density at radius 3 is 2.50 bits per heavy atom. The number of allylic oxidation sites excluding steroid dienone is 2. The standard InChI is InChI=1S/C13H15Br/c1-11(2)13-8-6-12(7-9-13)5-3-4-10-14/h3,5-9H,1,4,10H2,2H3. The number of hydrogen-bond acceptors (Lipinski definition) is 0. The predicted molar refractivity (Wildman–Crippen MR) is 68.6 cm³/mol. The number of benzene rings is 1. The maximum Gasteiger partial charge on any atom is 0.00660 e. The highest BCUT2D eigenvalue weighted by Crippen LogP contribution is 2.13. The van der Waals surface area contributed by atoms with E-state index in [0.717, 1.165) is 17.3 Å². The summed E-state index contributed by atoms with van der Waals surface area (Å²) in [6, 6.07) is 8.45. The number of halogens is 1. The number of rotatable bonds is 4. The third-order valence-corrected chi connectivity index (χ3v) is 2.45. The monoisotopic (exact) mass is 250 g/mol. The highest BCUT2D eigenvalue weighted by molar-refractivity contribution is 9.09. The lowest BCUT2D eigenvalue weighted by atomic mass is 10.1. The lowest BCUT2D eigenvalue weighted by molar-refractivity contribution is 1.27. The summed E-state index contributed by atoms with van der Waals surface area (Å²) < 4.78 is 0. The van der Waals surface area contributed by atoms with Gasteiger partial charge in [-0.2, -0.15) is 0 Å². The van der Waals surface area contributed by atoms with Gasteiger partial charge in [-0.1, -0.05) is 64.5 Å². The Hall–Kier alpha value is -0.820. The van der Waals surface area contributed by atoms with Gasteiger partial charge in [0, 0.05) is 5.33 Å². The summed E-state index contributed by atoms with van der Waals surface area (Å²) >= 11 is 3.39. The predicted octanol–water partition coefficient (Wildman–Crippen LogP) is 4.52. The first-order chi connectivity index (χ1) is 6.74. The molecule has 0 fully saturated rings. The minimum absolute atomic E-state index is 1.02. The normalized spacial score (nSPS) is 10.7. The third kappa shape index (κ3) is 3.51. The van der Waals surface area contributed by atoms with Gasteiger partial charge in [-0.25, -0.2) is 0 Å². The number of alkyl halides is 1. The molecule has 0 atom stereocenters. The van der Waals surface area contributed by atoms with E-state index in [2.05, 4.69) is 58.9 Å². The Bertz CT molecular complexity index is 320. The second-order valence-electron chi connectivity index (χ2n) is 3.28. The second kappa shape index (κ2) is 5.82. The van der Waals surface area contributed by atoms with Crippen LogP contribution in [-0.2, 0) is 0 Å². The van der Waals surface area contributed by atoms with E-state index < -0.39 is 0 Å². The fourth-order valence-electron chi connectivity index (χ4n) is 1.16. The van der Waals surface area contributed by atoms with Crippen molar-refractivity contribution in [1.29, 1.82) is 0 Å². The largest absolute Gasteiger partial charge is 0.0955 e. The van der Waals surface area contributed by atoms with Crippen LogP contribution >= 0.6 is 15.9 Å². The summed E-state index contributed by atoms with van der Waals surface area (Å²) in [6.45, 7) is 5.93. The molecule has 0 nitrogen and oxygen atoms in total. The van der Waals surface area contributed by atoms with Crippen molar-refractivity contribution < 1.29 is 0 Å². The molecule has 0 saturated carbocycles. The first-order valence-corrected chi connectivity index (χ1v) is 5.84. The van der Waals surface area contributed by atoms with E-state index in [0.29, 0.717) is 0 Å². The molecule has 0 heterocycles. The molecule has 0 spiro atoms. The molecule has 1 heteroatoms. The quantitative estimate of drug-likeness (QED) is 0.690. The van der Waals surface area contributed by atoms with Crippen LogP contribution in [0, 0.1) is 0 Å². The van der Waals surface area contributed by atoms with E-state index in [4.69, 9.17) is 0 Å². The molecule has 0 radical (unpaired) electrons. The molecule has 0 bridgehead atoms. The zero-order chi connectivity index (χ0) is 10.4. The molecule has 1 aromatic carbocycles. The van der Waals surface area contributed by atoms with Crippen molar-refractivity contribution in [3.8, 4) is 0 Å². The lowest BCUT2D eigenvalue weighted by Crippen LogP contribution is -1.78. The SMILES string of the molecule is C=C(C)c1ccc(C=CCCBr)cc1. The molecule has 1 rings (SSSR count). The van der Waals surface area contributed by atoms with E-state index in [9.17, 15) is 0 Å². The summed E-state index contributed by atoms with van der Waals surface area (Å²) in [4.78, 5) is 0. The molecule has 0 amide bonds. The Morgan fingerprint density at radius 1 is 1.36 bits per heavy atom. The Kier molecular flexibility index (Phi) is 4.68. The highest BCUT2D eigenvalue weighted by Gasteiger charge is 1.91. The van der Waals surface area contributed by atoms with Crippen LogP contribution in [0.15, 0.2) is 36.9 Å². The molecule has 0 aliphatic rings. The van der Waals surface area contributed by atoms with Crippen molar-refractivity contribution in [2.45, 2.75) is 13.3 Å². The van der Waals surface area contributed by atoms with Crippen LogP contribution in [0.4, 0.5) is 0 Å². The topological polar surface area (TPSA) is 0 Å². The van der Waals surface area contributed by atoms with E-state index in [-0.39, 0.29) is 0 Å². The molecular weight excluding hydrogens is 236 g/mol. The van der Waals surface area contributed by atoms with Crippen molar-refractivity contribution in [3.05, 3.63) is 48.0 Å². The van der Waals surface area contributed by atoms with Gasteiger partial charge in [-0.15, -0.1) is 0 Å². The van der Waals surface area contributed by atoms with Gasteiger partial charge in [0.25, 0.3) is 0 Å². The van der Waals surface area contributed by atoms with Crippen LogP contribution in [0.25, 0.3) is 11.6 Å². The first kappa shape index (κ1) is 11.3. The summed E-state index contributed by atoms with van der Waals surface area (Å²) in [6.07, 6.45) is 5.39. The second-order valence-corrected chi connectivity index (χ2v) is 4.08. The molecule has 0 aromatic heterocycles.